The predicted octanol–water partition coefficient (Wildman–Crippen LogP) is 3.14. The maximum Gasteiger partial charge on any atom is 0.271 e. The van der Waals surface area contributed by atoms with E-state index in [1.54, 1.807) is 0 Å². The van der Waals surface area contributed by atoms with E-state index in [1.807, 2.05) is 31.2 Å². The summed E-state index contributed by atoms with van der Waals surface area (Å²) in [5, 5.41) is 3.22. The van der Waals surface area contributed by atoms with Gasteiger partial charge in [-0.15, -0.1) is 0 Å². The van der Waals surface area contributed by atoms with Crippen LogP contribution in [-0.4, -0.2) is 22.4 Å². The van der Waals surface area contributed by atoms with E-state index >= 15 is 0 Å². The monoisotopic (exact) mass is 355 g/mol. The van der Waals surface area contributed by atoms with Crippen molar-refractivity contribution in [2.75, 3.05) is 11.9 Å². The number of primary amides is 1. The van der Waals surface area contributed by atoms with E-state index in [0.29, 0.717) is 24.7 Å². The number of nitrogens with two attached hydrogens (primary N) is 2. The Balaban J connectivity index is 2.45. The highest BCUT2D eigenvalue weighted by Gasteiger charge is 2.18. The Kier molecular flexibility index (Phi) is 6.69. The van der Waals surface area contributed by atoms with Gasteiger partial charge in [0.15, 0.2) is 11.5 Å². The Bertz CT molecular complexity index is 773. The number of hydrogen-bond donors (Lipinski definition) is 3. The third-order valence-corrected chi connectivity index (χ3v) is 4.29. The van der Waals surface area contributed by atoms with Crippen molar-refractivity contribution in [2.24, 2.45) is 17.4 Å². The molecule has 0 aliphatic carbocycles. The minimum absolute atomic E-state index is 0.173. The molecule has 0 fully saturated rings. The van der Waals surface area contributed by atoms with Crippen LogP contribution in [0.2, 0.25) is 0 Å². The Labute approximate surface area is 155 Å². The number of rotatable bonds is 8. The van der Waals surface area contributed by atoms with E-state index in [1.165, 1.54) is 0 Å². The average molecular weight is 355 g/mol. The fraction of sp³-hybridized carbons (Fsp3) is 0.450. The standard InChI is InChI=1S/C20H29N5O/c1-5-16-17(9-12(2)3)25-20(18(24-16)19(22)26)23-15-8-6-7-14(10-15)13(4)11-21/h6-8,10,12-13H,5,9,11,21H2,1-4H3,(H2,22,26)(H,23,25)/t13-/m0/s1. The summed E-state index contributed by atoms with van der Waals surface area (Å²) < 4.78 is 0. The minimum Gasteiger partial charge on any atom is -0.364 e. The number of aryl methyl sites for hydroxylation is 1. The highest BCUT2D eigenvalue weighted by atomic mass is 16.1. The second kappa shape index (κ2) is 8.76. The summed E-state index contributed by atoms with van der Waals surface area (Å²) >= 11 is 0. The summed E-state index contributed by atoms with van der Waals surface area (Å²) in [4.78, 5) is 21.1. The highest BCUT2D eigenvalue weighted by Crippen LogP contribution is 2.24. The van der Waals surface area contributed by atoms with Crippen molar-refractivity contribution in [1.29, 1.82) is 0 Å². The van der Waals surface area contributed by atoms with E-state index in [2.05, 4.69) is 31.1 Å². The van der Waals surface area contributed by atoms with Crippen LogP contribution in [0.5, 0.6) is 0 Å². The van der Waals surface area contributed by atoms with Gasteiger partial charge in [0.2, 0.25) is 0 Å². The summed E-state index contributed by atoms with van der Waals surface area (Å²) in [5.41, 5.74) is 15.2. The first-order valence-corrected chi connectivity index (χ1v) is 9.12. The van der Waals surface area contributed by atoms with Gasteiger partial charge in [0.05, 0.1) is 11.4 Å². The van der Waals surface area contributed by atoms with Crippen LogP contribution in [-0.2, 0) is 12.8 Å². The average Bonchev–Trinajstić information content (AvgIpc) is 2.60. The quantitative estimate of drug-likeness (QED) is 0.674. The third-order valence-electron chi connectivity index (χ3n) is 4.29. The number of benzene rings is 1. The molecule has 0 aliphatic rings. The number of hydrogen-bond acceptors (Lipinski definition) is 5. The molecule has 6 nitrogen and oxygen atoms in total. The molecule has 0 saturated heterocycles. The van der Waals surface area contributed by atoms with E-state index < -0.39 is 5.91 Å². The summed E-state index contributed by atoms with van der Waals surface area (Å²) in [6, 6.07) is 7.93. The van der Waals surface area contributed by atoms with E-state index in [0.717, 1.165) is 29.1 Å². The summed E-state index contributed by atoms with van der Waals surface area (Å²) in [5.74, 6) is 0.508. The first kappa shape index (κ1) is 19.8. The molecule has 1 aromatic heterocycles. The van der Waals surface area contributed by atoms with Crippen molar-refractivity contribution in [3.63, 3.8) is 0 Å². The molecule has 140 valence electrons. The van der Waals surface area contributed by atoms with Crippen LogP contribution in [0.1, 0.15) is 61.1 Å². The van der Waals surface area contributed by atoms with Gasteiger partial charge in [-0.25, -0.2) is 9.97 Å². The predicted molar refractivity (Wildman–Crippen MR) is 106 cm³/mol. The normalized spacial score (nSPS) is 12.2. The van der Waals surface area contributed by atoms with E-state index in [4.69, 9.17) is 16.5 Å². The highest BCUT2D eigenvalue weighted by molar-refractivity contribution is 5.96. The lowest BCUT2D eigenvalue weighted by atomic mass is 10.0. The van der Waals surface area contributed by atoms with Crippen molar-refractivity contribution in [2.45, 2.75) is 46.5 Å². The lowest BCUT2D eigenvalue weighted by molar-refractivity contribution is 0.0996. The maximum atomic E-state index is 11.9. The Hall–Kier alpha value is -2.47. The van der Waals surface area contributed by atoms with Gasteiger partial charge in [0, 0.05) is 5.69 Å². The molecule has 0 saturated carbocycles. The molecule has 6 heteroatoms. The Morgan fingerprint density at radius 3 is 2.50 bits per heavy atom. The molecule has 2 aromatic rings. The molecular weight excluding hydrogens is 326 g/mol. The summed E-state index contributed by atoms with van der Waals surface area (Å²) in [6.45, 7) is 8.91. The topological polar surface area (TPSA) is 107 Å². The van der Waals surface area contributed by atoms with Crippen LogP contribution in [0.3, 0.4) is 0 Å². The van der Waals surface area contributed by atoms with Gasteiger partial charge >= 0.3 is 0 Å². The first-order chi connectivity index (χ1) is 12.3. The number of carbonyl (C=O) groups is 1. The lowest BCUT2D eigenvalue weighted by Crippen LogP contribution is -2.19. The molecule has 26 heavy (non-hydrogen) atoms. The first-order valence-electron chi connectivity index (χ1n) is 9.12. The third kappa shape index (κ3) is 4.79. The zero-order valence-electron chi connectivity index (χ0n) is 16.0. The molecular formula is C20H29N5O. The minimum atomic E-state index is -0.586. The van der Waals surface area contributed by atoms with Crippen molar-refractivity contribution < 1.29 is 4.79 Å². The lowest BCUT2D eigenvalue weighted by Gasteiger charge is -2.16. The van der Waals surface area contributed by atoms with Crippen molar-refractivity contribution in [3.8, 4) is 0 Å². The van der Waals surface area contributed by atoms with Crippen LogP contribution >= 0.6 is 0 Å². The van der Waals surface area contributed by atoms with Crippen LogP contribution < -0.4 is 16.8 Å². The van der Waals surface area contributed by atoms with Gasteiger partial charge in [-0.1, -0.05) is 39.8 Å². The fourth-order valence-corrected chi connectivity index (χ4v) is 2.79. The van der Waals surface area contributed by atoms with Gasteiger partial charge in [-0.05, 0) is 48.9 Å². The molecule has 1 aromatic carbocycles. The number of nitrogens with one attached hydrogen (secondary N) is 1. The fourth-order valence-electron chi connectivity index (χ4n) is 2.79. The van der Waals surface area contributed by atoms with E-state index in [-0.39, 0.29) is 11.6 Å². The van der Waals surface area contributed by atoms with Gasteiger partial charge in [0.1, 0.15) is 0 Å². The van der Waals surface area contributed by atoms with Crippen LogP contribution in [0.25, 0.3) is 0 Å². The zero-order valence-corrected chi connectivity index (χ0v) is 16.0. The van der Waals surface area contributed by atoms with Gasteiger partial charge in [-0.3, -0.25) is 4.79 Å². The molecule has 0 bridgehead atoms. The second-order valence-corrected chi connectivity index (χ2v) is 7.02. The molecule has 1 heterocycles. The van der Waals surface area contributed by atoms with Crippen LogP contribution in [0.4, 0.5) is 11.5 Å². The Morgan fingerprint density at radius 1 is 1.19 bits per heavy atom. The molecule has 0 radical (unpaired) electrons. The number of amides is 1. The van der Waals surface area contributed by atoms with E-state index in [9.17, 15) is 4.79 Å². The van der Waals surface area contributed by atoms with Crippen molar-refractivity contribution >= 4 is 17.4 Å². The number of nitrogens with zero attached hydrogens (tertiary/aromatic N) is 2. The molecule has 1 amide bonds. The van der Waals surface area contributed by atoms with Crippen LogP contribution in [0, 0.1) is 5.92 Å². The van der Waals surface area contributed by atoms with Gasteiger partial charge < -0.3 is 16.8 Å². The van der Waals surface area contributed by atoms with Crippen LogP contribution in [0.15, 0.2) is 24.3 Å². The SMILES string of the molecule is CCc1nc(C(N)=O)c(Nc2cccc([C@@H](C)CN)c2)nc1CC(C)C. The van der Waals surface area contributed by atoms with Crippen molar-refractivity contribution in [1.82, 2.24) is 9.97 Å². The zero-order chi connectivity index (χ0) is 19.3. The van der Waals surface area contributed by atoms with Gasteiger partial charge in [0.25, 0.3) is 5.91 Å². The maximum absolute atomic E-state index is 11.9. The molecule has 0 aliphatic heterocycles. The molecule has 5 N–H and O–H groups in total. The second-order valence-electron chi connectivity index (χ2n) is 7.02. The summed E-state index contributed by atoms with van der Waals surface area (Å²) in [6.07, 6.45) is 1.51. The smallest absolute Gasteiger partial charge is 0.271 e. The number of carbonyl (C=O) groups excluding carboxylic acids is 1. The summed E-state index contributed by atoms with van der Waals surface area (Å²) in [7, 11) is 0. The number of aromatic nitrogens is 2. The largest absolute Gasteiger partial charge is 0.364 e. The van der Waals surface area contributed by atoms with Crippen molar-refractivity contribution in [3.05, 3.63) is 46.9 Å². The molecule has 2 rings (SSSR count). The molecule has 1 atom stereocenters. The van der Waals surface area contributed by atoms with Gasteiger partial charge in [-0.2, -0.15) is 0 Å². The number of anilines is 2. The molecule has 0 unspecified atom stereocenters. The Morgan fingerprint density at radius 2 is 1.92 bits per heavy atom. The molecule has 0 spiro atoms.